The normalized spacial score (nSPS) is 27.1. The molecule has 0 aliphatic carbocycles. The van der Waals surface area contributed by atoms with E-state index in [0.717, 1.165) is 26.2 Å². The van der Waals surface area contributed by atoms with Crippen LogP contribution in [0.3, 0.4) is 0 Å². The van der Waals surface area contributed by atoms with E-state index in [2.05, 4.69) is 79.0 Å². The summed E-state index contributed by atoms with van der Waals surface area (Å²) < 4.78 is 0. The highest BCUT2D eigenvalue weighted by atomic mass is 31.2. The lowest BCUT2D eigenvalue weighted by Gasteiger charge is -2.68. The van der Waals surface area contributed by atoms with Crippen LogP contribution in [-0.4, -0.2) is 45.9 Å². The lowest BCUT2D eigenvalue weighted by molar-refractivity contribution is 0.261. The van der Waals surface area contributed by atoms with E-state index in [1.54, 1.807) is 19.3 Å². The highest BCUT2D eigenvalue weighted by Gasteiger charge is 2.69. The van der Waals surface area contributed by atoms with Crippen LogP contribution in [0.2, 0.25) is 0 Å². The van der Waals surface area contributed by atoms with Gasteiger partial charge in [-0.25, -0.2) is 0 Å². The van der Waals surface area contributed by atoms with Gasteiger partial charge < -0.3 is 9.80 Å². The third kappa shape index (κ3) is 2.68. The maximum atomic E-state index is 2.66. The lowest BCUT2D eigenvalue weighted by atomic mass is 9.87. The standard InChI is InChI=1S/C20H38N2P2/c1-11-21(12-2)15-16(22(13-3)14-4)24-17(18(5,6)7)23-20(15,24)19(8,9)10/h11-14H2,1-10H3/t20-,24?/m0/s1. The van der Waals surface area contributed by atoms with Gasteiger partial charge in [0, 0.05) is 26.2 Å². The van der Waals surface area contributed by atoms with Gasteiger partial charge >= 0.3 is 0 Å². The molecule has 0 aromatic carbocycles. The summed E-state index contributed by atoms with van der Waals surface area (Å²) in [6.45, 7) is 28.4. The Morgan fingerprint density at radius 1 is 0.833 bits per heavy atom. The van der Waals surface area contributed by atoms with Crippen molar-refractivity contribution in [3.8, 4) is 0 Å². The lowest BCUT2D eigenvalue weighted by Crippen LogP contribution is -2.59. The molecule has 0 fully saturated rings. The molecule has 0 saturated carbocycles. The number of hydrogen-bond acceptors (Lipinski definition) is 2. The molecular weight excluding hydrogens is 330 g/mol. The van der Waals surface area contributed by atoms with E-state index in [9.17, 15) is 0 Å². The first-order valence-corrected chi connectivity index (χ1v) is 11.9. The van der Waals surface area contributed by atoms with Gasteiger partial charge in [-0.05, 0) is 51.5 Å². The van der Waals surface area contributed by atoms with Crippen molar-refractivity contribution in [3.05, 3.63) is 11.1 Å². The minimum Gasteiger partial charge on any atom is -0.372 e. The van der Waals surface area contributed by atoms with Crippen LogP contribution in [0.4, 0.5) is 0 Å². The smallest absolute Gasteiger partial charge is 0.0884 e. The monoisotopic (exact) mass is 368 g/mol. The van der Waals surface area contributed by atoms with E-state index in [1.807, 2.05) is 5.03 Å². The molecule has 0 aromatic rings. The first-order valence-electron chi connectivity index (χ1n) is 9.66. The van der Waals surface area contributed by atoms with Gasteiger partial charge in [0.2, 0.25) is 0 Å². The first kappa shape index (κ1) is 20.3. The summed E-state index contributed by atoms with van der Waals surface area (Å²) in [6, 6.07) is 0. The minimum absolute atomic E-state index is 0.152. The molecule has 4 heteroatoms. The summed E-state index contributed by atoms with van der Waals surface area (Å²) in [6.07, 6.45) is 0. The number of fused-ring (bicyclic) bond motifs is 1. The Morgan fingerprint density at radius 2 is 1.29 bits per heavy atom. The molecule has 0 saturated heterocycles. The molecule has 0 spiro atoms. The Balaban J connectivity index is 2.65. The van der Waals surface area contributed by atoms with Crippen molar-refractivity contribution in [2.45, 2.75) is 74.1 Å². The fourth-order valence-electron chi connectivity index (χ4n) is 4.06. The number of allylic oxidation sites excluding steroid dienone is 1. The molecule has 0 aromatic heterocycles. The van der Waals surface area contributed by atoms with Crippen LogP contribution in [0, 0.1) is 10.8 Å². The van der Waals surface area contributed by atoms with Gasteiger partial charge in [-0.15, -0.1) is 0 Å². The molecule has 1 unspecified atom stereocenters. The Morgan fingerprint density at radius 3 is 1.62 bits per heavy atom. The van der Waals surface area contributed by atoms with Gasteiger partial charge in [-0.3, -0.25) is 0 Å². The van der Waals surface area contributed by atoms with Crippen LogP contribution in [0.1, 0.15) is 69.2 Å². The summed E-state index contributed by atoms with van der Waals surface area (Å²) in [4.78, 5) is 5.70. The largest absolute Gasteiger partial charge is 0.372 e. The topological polar surface area (TPSA) is 6.48 Å². The van der Waals surface area contributed by atoms with Gasteiger partial charge in [0.25, 0.3) is 0 Å². The first-order chi connectivity index (χ1) is 11.0. The van der Waals surface area contributed by atoms with Crippen LogP contribution in [-0.2, 0) is 0 Å². The van der Waals surface area contributed by atoms with Crippen LogP contribution in [0.15, 0.2) is 11.1 Å². The Hall–Kier alpha value is -0.0600. The molecule has 2 atom stereocenters. The quantitative estimate of drug-likeness (QED) is 0.514. The SMILES string of the molecule is CCN(CC)C1=C(N(CC)CC)[C@]2(C(C)(C)C)P=C(C(C)(C)C)P12. The van der Waals surface area contributed by atoms with Gasteiger partial charge in [0.15, 0.2) is 0 Å². The van der Waals surface area contributed by atoms with E-state index in [1.165, 1.54) is 0 Å². The number of rotatable bonds is 6. The maximum absolute atomic E-state index is 2.66. The molecule has 24 heavy (non-hydrogen) atoms. The molecular formula is C20H38N2P2. The van der Waals surface area contributed by atoms with Crippen molar-refractivity contribution in [1.82, 2.24) is 9.80 Å². The number of hydrogen-bond donors (Lipinski definition) is 0. The van der Waals surface area contributed by atoms with Crippen molar-refractivity contribution in [2.75, 3.05) is 26.2 Å². The van der Waals surface area contributed by atoms with E-state index in [-0.39, 0.29) is 7.92 Å². The zero-order valence-corrected chi connectivity index (χ0v) is 19.4. The molecule has 0 amide bonds. The molecule has 2 heterocycles. The van der Waals surface area contributed by atoms with Gasteiger partial charge in [-0.1, -0.05) is 49.7 Å². The summed E-state index contributed by atoms with van der Waals surface area (Å²) in [5.41, 5.74) is 4.04. The summed E-state index contributed by atoms with van der Waals surface area (Å²) >= 11 is 0. The highest BCUT2D eigenvalue weighted by molar-refractivity contribution is 8.03. The Bertz CT molecular complexity index is 543. The molecule has 2 aliphatic heterocycles. The van der Waals surface area contributed by atoms with Crippen molar-refractivity contribution >= 4 is 21.2 Å². The van der Waals surface area contributed by atoms with E-state index in [4.69, 9.17) is 0 Å². The second-order valence-electron chi connectivity index (χ2n) is 8.96. The van der Waals surface area contributed by atoms with Gasteiger partial charge in [0.1, 0.15) is 0 Å². The zero-order valence-electron chi connectivity index (χ0n) is 17.6. The van der Waals surface area contributed by atoms with E-state index < -0.39 is 0 Å². The fourth-order valence-corrected chi connectivity index (χ4v) is 11.2. The molecule has 2 nitrogen and oxygen atoms in total. The van der Waals surface area contributed by atoms with Crippen molar-refractivity contribution < 1.29 is 0 Å². The van der Waals surface area contributed by atoms with E-state index in [0.29, 0.717) is 15.7 Å². The predicted molar refractivity (Wildman–Crippen MR) is 113 cm³/mol. The molecule has 0 radical (unpaired) electrons. The third-order valence-electron chi connectivity index (χ3n) is 5.42. The van der Waals surface area contributed by atoms with Crippen molar-refractivity contribution in [1.29, 1.82) is 0 Å². The van der Waals surface area contributed by atoms with Gasteiger partial charge in [0.05, 0.1) is 16.0 Å². The van der Waals surface area contributed by atoms with Crippen molar-refractivity contribution in [3.63, 3.8) is 0 Å². The molecule has 138 valence electrons. The average molecular weight is 368 g/mol. The van der Waals surface area contributed by atoms with Crippen LogP contribution < -0.4 is 0 Å². The Labute approximate surface area is 153 Å². The molecule has 0 bridgehead atoms. The summed E-state index contributed by atoms with van der Waals surface area (Å²) in [7, 11) is 1.46. The van der Waals surface area contributed by atoms with Crippen LogP contribution >= 0.6 is 16.1 Å². The summed E-state index contributed by atoms with van der Waals surface area (Å²) in [5, 5.41) is 1.81. The van der Waals surface area contributed by atoms with Crippen molar-refractivity contribution in [2.24, 2.45) is 10.8 Å². The average Bonchev–Trinajstić information content (AvgIpc) is 2.43. The second-order valence-corrected chi connectivity index (χ2v) is 13.2. The molecule has 2 aliphatic rings. The number of nitrogens with zero attached hydrogens (tertiary/aromatic N) is 2. The minimum atomic E-state index is -0.152. The Kier molecular flexibility index (Phi) is 5.56. The maximum Gasteiger partial charge on any atom is 0.0884 e. The third-order valence-corrected chi connectivity index (χ3v) is 12.8. The molecule has 2 rings (SSSR count). The van der Waals surface area contributed by atoms with Crippen LogP contribution in [0.5, 0.6) is 0 Å². The van der Waals surface area contributed by atoms with E-state index >= 15 is 0 Å². The summed E-state index contributed by atoms with van der Waals surface area (Å²) in [5.74, 6) is 0. The molecule has 0 N–H and O–H groups in total. The van der Waals surface area contributed by atoms with Gasteiger partial charge in [-0.2, -0.15) is 0 Å². The fraction of sp³-hybridized carbons (Fsp3) is 0.850. The highest BCUT2D eigenvalue weighted by Crippen LogP contribution is 2.89. The zero-order chi connectivity index (χ0) is 18.5. The predicted octanol–water partition coefficient (Wildman–Crippen LogP) is 6.21. The van der Waals surface area contributed by atoms with Crippen LogP contribution in [0.25, 0.3) is 0 Å². The second kappa shape index (κ2) is 6.59.